The summed E-state index contributed by atoms with van der Waals surface area (Å²) in [6, 6.07) is 18.1. The zero-order valence-electron chi connectivity index (χ0n) is 13.7. The van der Waals surface area contributed by atoms with Gasteiger partial charge in [-0.3, -0.25) is 9.78 Å². The van der Waals surface area contributed by atoms with Crippen molar-refractivity contribution in [1.29, 1.82) is 0 Å². The topological polar surface area (TPSA) is 58.6 Å². The molecule has 5 heteroatoms. The lowest BCUT2D eigenvalue weighted by Crippen LogP contribution is -2.12. The first-order valence-corrected chi connectivity index (χ1v) is 8.09. The normalized spacial score (nSPS) is 10.7. The maximum absolute atomic E-state index is 14.4. The Balaban J connectivity index is 2.12. The molecule has 0 saturated carbocycles. The fourth-order valence-electron chi connectivity index (χ4n) is 2.99. The van der Waals surface area contributed by atoms with Gasteiger partial charge in [-0.25, -0.2) is 4.98 Å². The molecule has 0 aliphatic rings. The van der Waals surface area contributed by atoms with E-state index in [2.05, 4.69) is 15.0 Å². The van der Waals surface area contributed by atoms with Crippen LogP contribution < -0.4 is 5.56 Å². The maximum atomic E-state index is 14.4. The molecule has 4 nitrogen and oxygen atoms in total. The van der Waals surface area contributed by atoms with Crippen molar-refractivity contribution in [2.45, 2.75) is 0 Å². The molecule has 0 radical (unpaired) electrons. The predicted molar refractivity (Wildman–Crippen MR) is 98.9 cm³/mol. The van der Waals surface area contributed by atoms with Crippen molar-refractivity contribution in [3.05, 3.63) is 95.6 Å². The molecule has 3 heterocycles. The van der Waals surface area contributed by atoms with Crippen molar-refractivity contribution in [1.82, 2.24) is 15.0 Å². The molecule has 126 valence electrons. The highest BCUT2D eigenvalue weighted by Crippen LogP contribution is 2.37. The minimum Gasteiger partial charge on any atom is -0.328 e. The number of benzene rings is 1. The summed E-state index contributed by atoms with van der Waals surface area (Å²) < 4.78 is 14.4. The van der Waals surface area contributed by atoms with E-state index in [4.69, 9.17) is 0 Å². The standard InChI is InChI=1S/C21H14FN3O/c22-20-15(9-6-12-24-20)19-18(14-7-2-1-3-8-14)16(13-25-21(19)26)17-10-4-5-11-23-17/h1-13H,(H,25,26). The van der Waals surface area contributed by atoms with E-state index >= 15 is 0 Å². The maximum Gasteiger partial charge on any atom is 0.256 e. The third kappa shape index (κ3) is 2.80. The van der Waals surface area contributed by atoms with Crippen molar-refractivity contribution in [3.63, 3.8) is 0 Å². The van der Waals surface area contributed by atoms with Gasteiger partial charge in [0.25, 0.3) is 5.56 Å². The molecule has 0 aliphatic carbocycles. The van der Waals surface area contributed by atoms with Gasteiger partial charge in [0.1, 0.15) is 0 Å². The van der Waals surface area contributed by atoms with Gasteiger partial charge in [-0.1, -0.05) is 36.4 Å². The first kappa shape index (κ1) is 15.9. The molecule has 0 amide bonds. The van der Waals surface area contributed by atoms with E-state index in [9.17, 15) is 9.18 Å². The first-order chi connectivity index (χ1) is 12.8. The number of aromatic amines is 1. The summed E-state index contributed by atoms with van der Waals surface area (Å²) in [6.07, 6.45) is 4.65. The average Bonchev–Trinajstić information content (AvgIpc) is 2.70. The van der Waals surface area contributed by atoms with Crippen LogP contribution in [0.15, 0.2) is 84.0 Å². The molecule has 1 aromatic carbocycles. The van der Waals surface area contributed by atoms with Crippen molar-refractivity contribution in [2.75, 3.05) is 0 Å². The van der Waals surface area contributed by atoms with Crippen LogP contribution in [0, 0.1) is 5.95 Å². The zero-order chi connectivity index (χ0) is 17.9. The van der Waals surface area contributed by atoms with Gasteiger partial charge in [-0.15, -0.1) is 0 Å². The Morgan fingerprint density at radius 2 is 1.54 bits per heavy atom. The number of nitrogens with one attached hydrogen (secondary N) is 1. The number of aromatic nitrogens is 3. The summed E-state index contributed by atoms with van der Waals surface area (Å²) >= 11 is 0. The summed E-state index contributed by atoms with van der Waals surface area (Å²) in [4.78, 5) is 23.5. The van der Waals surface area contributed by atoms with Gasteiger partial charge in [0.05, 0.1) is 11.3 Å². The predicted octanol–water partition coefficient (Wildman–Crippen LogP) is 4.31. The van der Waals surface area contributed by atoms with Crippen LogP contribution in [0.1, 0.15) is 0 Å². The van der Waals surface area contributed by atoms with E-state index in [-0.39, 0.29) is 16.7 Å². The third-order valence-electron chi connectivity index (χ3n) is 4.13. The minimum atomic E-state index is -0.687. The average molecular weight is 343 g/mol. The Morgan fingerprint density at radius 1 is 0.769 bits per heavy atom. The van der Waals surface area contributed by atoms with Crippen molar-refractivity contribution in [3.8, 4) is 33.5 Å². The van der Waals surface area contributed by atoms with Crippen LogP contribution in [0.2, 0.25) is 0 Å². The number of H-pyrrole nitrogens is 1. The molecule has 0 spiro atoms. The number of pyridine rings is 3. The highest BCUT2D eigenvalue weighted by atomic mass is 19.1. The Labute approximate surface area is 149 Å². The van der Waals surface area contributed by atoms with Crippen LogP contribution >= 0.6 is 0 Å². The Hall–Kier alpha value is -3.60. The number of hydrogen-bond acceptors (Lipinski definition) is 3. The van der Waals surface area contributed by atoms with E-state index in [1.54, 1.807) is 24.5 Å². The van der Waals surface area contributed by atoms with Gasteiger partial charge < -0.3 is 4.98 Å². The summed E-state index contributed by atoms with van der Waals surface area (Å²) in [6.45, 7) is 0. The lowest BCUT2D eigenvalue weighted by atomic mass is 9.91. The molecule has 26 heavy (non-hydrogen) atoms. The number of hydrogen-bond donors (Lipinski definition) is 1. The number of halogens is 1. The molecule has 1 N–H and O–H groups in total. The van der Waals surface area contributed by atoms with E-state index in [1.165, 1.54) is 6.20 Å². The molecule has 0 fully saturated rings. The van der Waals surface area contributed by atoms with Gasteiger partial charge in [-0.05, 0) is 29.8 Å². The second-order valence-electron chi connectivity index (χ2n) is 5.70. The minimum absolute atomic E-state index is 0.158. The molecular weight excluding hydrogens is 329 g/mol. The molecular formula is C21H14FN3O. The fourth-order valence-corrected chi connectivity index (χ4v) is 2.99. The van der Waals surface area contributed by atoms with Crippen LogP contribution in [-0.2, 0) is 0 Å². The zero-order valence-corrected chi connectivity index (χ0v) is 13.7. The summed E-state index contributed by atoms with van der Waals surface area (Å²) in [5.74, 6) is -0.687. The molecule has 0 bridgehead atoms. The van der Waals surface area contributed by atoms with Crippen LogP contribution in [0.5, 0.6) is 0 Å². The van der Waals surface area contributed by atoms with E-state index in [0.29, 0.717) is 11.3 Å². The van der Waals surface area contributed by atoms with E-state index < -0.39 is 5.95 Å². The second-order valence-corrected chi connectivity index (χ2v) is 5.70. The molecule has 0 unspecified atom stereocenters. The van der Waals surface area contributed by atoms with Crippen molar-refractivity contribution in [2.24, 2.45) is 0 Å². The SMILES string of the molecule is O=c1[nH]cc(-c2ccccn2)c(-c2ccccc2)c1-c1cccnc1F. The van der Waals surface area contributed by atoms with E-state index in [0.717, 1.165) is 11.1 Å². The van der Waals surface area contributed by atoms with Gasteiger partial charge in [0.15, 0.2) is 0 Å². The monoisotopic (exact) mass is 343 g/mol. The number of rotatable bonds is 3. The fraction of sp³-hybridized carbons (Fsp3) is 0. The molecule has 0 aliphatic heterocycles. The first-order valence-electron chi connectivity index (χ1n) is 8.09. The second kappa shape index (κ2) is 6.72. The van der Waals surface area contributed by atoms with Crippen LogP contribution in [-0.4, -0.2) is 15.0 Å². The van der Waals surface area contributed by atoms with Gasteiger partial charge >= 0.3 is 0 Å². The molecule has 4 rings (SSSR count). The summed E-state index contributed by atoms with van der Waals surface area (Å²) in [5, 5.41) is 0. The molecule has 3 aromatic heterocycles. The smallest absolute Gasteiger partial charge is 0.256 e. The molecule has 4 aromatic rings. The van der Waals surface area contributed by atoms with Gasteiger partial charge in [0.2, 0.25) is 5.95 Å². The van der Waals surface area contributed by atoms with Crippen LogP contribution in [0.3, 0.4) is 0 Å². The van der Waals surface area contributed by atoms with Crippen LogP contribution in [0.25, 0.3) is 33.5 Å². The number of nitrogens with zero attached hydrogens (tertiary/aromatic N) is 2. The molecule has 0 saturated heterocycles. The highest BCUT2D eigenvalue weighted by molar-refractivity contribution is 5.92. The van der Waals surface area contributed by atoms with Crippen molar-refractivity contribution >= 4 is 0 Å². The van der Waals surface area contributed by atoms with Gasteiger partial charge in [0, 0.05) is 35.3 Å². The van der Waals surface area contributed by atoms with E-state index in [1.807, 2.05) is 48.5 Å². The lowest BCUT2D eigenvalue weighted by molar-refractivity contribution is 0.587. The largest absolute Gasteiger partial charge is 0.328 e. The van der Waals surface area contributed by atoms with Gasteiger partial charge in [-0.2, -0.15) is 4.39 Å². The Kier molecular flexibility index (Phi) is 4.11. The Morgan fingerprint density at radius 3 is 2.27 bits per heavy atom. The van der Waals surface area contributed by atoms with Crippen molar-refractivity contribution < 1.29 is 4.39 Å². The lowest BCUT2D eigenvalue weighted by Gasteiger charge is -2.14. The third-order valence-corrected chi connectivity index (χ3v) is 4.13. The quantitative estimate of drug-likeness (QED) is 0.564. The Bertz CT molecular complexity index is 1110. The highest BCUT2D eigenvalue weighted by Gasteiger charge is 2.20. The summed E-state index contributed by atoms with van der Waals surface area (Å²) in [5.41, 5.74) is 2.85. The molecule has 0 atom stereocenters. The summed E-state index contributed by atoms with van der Waals surface area (Å²) in [7, 11) is 0. The van der Waals surface area contributed by atoms with Crippen LogP contribution in [0.4, 0.5) is 4.39 Å².